The minimum absolute atomic E-state index is 0. The van der Waals surface area contributed by atoms with E-state index < -0.39 is 0 Å². The van der Waals surface area contributed by atoms with Gasteiger partial charge in [-0.25, -0.2) is 0 Å². The van der Waals surface area contributed by atoms with Gasteiger partial charge in [0.2, 0.25) is 0 Å². The molecule has 0 amide bonds. The zero-order valence-electron chi connectivity index (χ0n) is 1.95. The first-order valence-corrected chi connectivity index (χ1v) is 0.926. The Morgan fingerprint density at radius 3 is 0.800 bits per heavy atom. The fourth-order valence-electron chi connectivity index (χ4n) is 0. The van der Waals surface area contributed by atoms with Crippen molar-refractivity contribution in [3.8, 4) is 0 Å². The Balaban J connectivity index is -0.0000000133. The van der Waals surface area contributed by atoms with E-state index in [2.05, 4.69) is 26.0 Å². The molecule has 0 aliphatic carbocycles. The Labute approximate surface area is 51.2 Å². The van der Waals surface area contributed by atoms with Crippen LogP contribution in [-0.4, -0.2) is 0 Å². The van der Waals surface area contributed by atoms with Crippen LogP contribution in [0.1, 0.15) is 0 Å². The molecule has 0 bridgehead atoms. The van der Waals surface area contributed by atoms with Crippen LogP contribution in [-0.2, 0) is 43.1 Å². The van der Waals surface area contributed by atoms with Gasteiger partial charge in [-0.2, -0.15) is 0 Å². The molecular formula is F2MnS2. The van der Waals surface area contributed by atoms with Gasteiger partial charge in [0.1, 0.15) is 0 Å². The van der Waals surface area contributed by atoms with Gasteiger partial charge in [0.25, 0.3) is 0 Å². The molecule has 0 aromatic carbocycles. The fraction of sp³-hybridized carbons (Fsp3) is 0. The largest absolute Gasteiger partial charge is 2.00 e. The first-order valence-electron chi connectivity index (χ1n) is 0.309. The first kappa shape index (κ1) is 16.5. The van der Waals surface area contributed by atoms with Crippen molar-refractivity contribution in [1.82, 2.24) is 0 Å². The van der Waals surface area contributed by atoms with Gasteiger partial charge in [0.15, 0.2) is 0 Å². The van der Waals surface area contributed by atoms with Gasteiger partial charge in [0, 0.05) is 0 Å². The maximum Gasteiger partial charge on any atom is 2.00 e. The van der Waals surface area contributed by atoms with Crippen LogP contribution in [0.15, 0.2) is 0 Å². The summed E-state index contributed by atoms with van der Waals surface area (Å²) >= 11 is 5.17. The van der Waals surface area contributed by atoms with Crippen LogP contribution >= 0.6 is 0 Å². The van der Waals surface area contributed by atoms with Crippen molar-refractivity contribution in [3.63, 3.8) is 0 Å². The summed E-state index contributed by atoms with van der Waals surface area (Å²) in [5, 5.41) is 0. The van der Waals surface area contributed by atoms with Crippen molar-refractivity contribution in [2.24, 2.45) is 0 Å². The van der Waals surface area contributed by atoms with Gasteiger partial charge in [-0.3, -0.25) is 0 Å². The van der Waals surface area contributed by atoms with Gasteiger partial charge in [-0.05, 0) is 0 Å². The Morgan fingerprint density at radius 1 is 0.800 bits per heavy atom. The maximum absolute atomic E-state index is 9.08. The van der Waals surface area contributed by atoms with E-state index in [1.807, 2.05) is 0 Å². The van der Waals surface area contributed by atoms with Crippen LogP contribution < -0.4 is 0 Å². The van der Waals surface area contributed by atoms with E-state index in [-0.39, 0.29) is 17.1 Å². The zero-order valence-corrected chi connectivity index (χ0v) is 4.76. The molecule has 0 unspecified atom stereocenters. The van der Waals surface area contributed by atoms with Crippen molar-refractivity contribution in [3.05, 3.63) is 0 Å². The summed E-state index contributed by atoms with van der Waals surface area (Å²) in [4.78, 5) is 0. The molecule has 5 heteroatoms. The Bertz CT molecular complexity index is 7.61. The maximum atomic E-state index is 9.08. The molecule has 0 saturated carbocycles. The molecule has 0 heterocycles. The quantitative estimate of drug-likeness (QED) is 0.377. The molecule has 1 radical (unpaired) electrons. The van der Waals surface area contributed by atoms with Gasteiger partial charge < -0.3 is 33.8 Å². The molecule has 0 aromatic heterocycles. The zero-order chi connectivity index (χ0) is 4.00. The second kappa shape index (κ2) is 72.5. The summed E-state index contributed by atoms with van der Waals surface area (Å²) in [5.41, 5.74) is 0. The van der Waals surface area contributed by atoms with Crippen molar-refractivity contribution in [2.45, 2.75) is 0 Å². The van der Waals surface area contributed by atoms with E-state index in [1.54, 1.807) is 0 Å². The molecule has 0 spiro atoms. The Morgan fingerprint density at radius 2 is 0.800 bits per heavy atom. The number of hydrogen-bond acceptors (Lipinski definition) is 2. The summed E-state index contributed by atoms with van der Waals surface area (Å²) in [5.74, 6) is 0. The molecular weight excluding hydrogens is 157 g/mol. The summed E-state index contributed by atoms with van der Waals surface area (Å²) in [6, 6.07) is 0. The average Bonchev–Trinajstić information content (AvgIpc) is 1.50. The Hall–Kier alpha value is 1.08. The molecule has 0 fully saturated rings. The standard InChI is InChI=1S/2FS.Mn/c2*1-2;/q2*-1;+2. The number of rotatable bonds is 0. The van der Waals surface area contributed by atoms with Crippen LogP contribution in [0.4, 0.5) is 7.77 Å². The molecule has 0 aromatic rings. The summed E-state index contributed by atoms with van der Waals surface area (Å²) < 4.78 is 18.2. The average molecular weight is 157 g/mol. The topological polar surface area (TPSA) is 0 Å². The number of halogens is 2. The van der Waals surface area contributed by atoms with Crippen LogP contribution in [0.2, 0.25) is 0 Å². The van der Waals surface area contributed by atoms with Crippen molar-refractivity contribution in [2.75, 3.05) is 0 Å². The van der Waals surface area contributed by atoms with E-state index in [4.69, 9.17) is 7.77 Å². The molecule has 5 heavy (non-hydrogen) atoms. The van der Waals surface area contributed by atoms with Gasteiger partial charge >= 0.3 is 17.1 Å². The van der Waals surface area contributed by atoms with Gasteiger partial charge in [-0.1, -0.05) is 0 Å². The SMILES string of the molecule is F[S-].F[S-].[Mn+2]. The van der Waals surface area contributed by atoms with Crippen LogP contribution in [0.5, 0.6) is 0 Å². The van der Waals surface area contributed by atoms with E-state index in [0.29, 0.717) is 0 Å². The molecule has 0 aliphatic heterocycles. The summed E-state index contributed by atoms with van der Waals surface area (Å²) in [6.45, 7) is 0. The third-order valence-electron chi connectivity index (χ3n) is 0. The van der Waals surface area contributed by atoms with Crippen LogP contribution in [0.25, 0.3) is 0 Å². The van der Waals surface area contributed by atoms with Crippen molar-refractivity contribution in [1.29, 1.82) is 0 Å². The summed E-state index contributed by atoms with van der Waals surface area (Å²) in [7, 11) is 0. The van der Waals surface area contributed by atoms with E-state index in [0.717, 1.165) is 0 Å². The Kier molecular flexibility index (Phi) is 240. The monoisotopic (exact) mass is 157 g/mol. The second-order valence-corrected chi connectivity index (χ2v) is 0. The van der Waals surface area contributed by atoms with Crippen LogP contribution in [0.3, 0.4) is 0 Å². The van der Waals surface area contributed by atoms with E-state index in [9.17, 15) is 0 Å². The minimum Gasteiger partial charge on any atom is -0.572 e. The second-order valence-electron chi connectivity index (χ2n) is 0. The third-order valence-corrected chi connectivity index (χ3v) is 0. The molecule has 0 nitrogen and oxygen atoms in total. The van der Waals surface area contributed by atoms with E-state index >= 15 is 0 Å². The minimum atomic E-state index is 0. The van der Waals surface area contributed by atoms with Crippen LogP contribution in [0, 0.1) is 0 Å². The molecule has 0 saturated heterocycles. The number of hydrogen-bond donors (Lipinski definition) is 0. The smallest absolute Gasteiger partial charge is 0.572 e. The molecule has 0 atom stereocenters. The van der Waals surface area contributed by atoms with Crippen molar-refractivity contribution >= 4 is 26.0 Å². The fourth-order valence-corrected chi connectivity index (χ4v) is 0. The predicted octanol–water partition coefficient (Wildman–Crippen LogP) is 0.833. The van der Waals surface area contributed by atoms with Gasteiger partial charge in [-0.15, -0.1) is 0 Å². The summed E-state index contributed by atoms with van der Waals surface area (Å²) in [6.07, 6.45) is 0. The third kappa shape index (κ3) is 41.3. The van der Waals surface area contributed by atoms with Gasteiger partial charge in [0.05, 0.1) is 0 Å². The molecule has 0 aliphatic rings. The first-order chi connectivity index (χ1) is 2.00. The molecule has 0 N–H and O–H groups in total. The normalized spacial score (nSPS) is 2.40. The predicted molar refractivity (Wildman–Crippen MR) is 16.9 cm³/mol. The molecule has 0 rings (SSSR count). The van der Waals surface area contributed by atoms with E-state index in [1.165, 1.54) is 0 Å². The molecule has 33 valence electrons. The van der Waals surface area contributed by atoms with Crippen molar-refractivity contribution < 1.29 is 24.8 Å².